The summed E-state index contributed by atoms with van der Waals surface area (Å²) in [6, 6.07) is 1.99. The lowest BCUT2D eigenvalue weighted by Crippen LogP contribution is -1.76. The summed E-state index contributed by atoms with van der Waals surface area (Å²) in [5.74, 6) is 0. The Balaban J connectivity index is 3.77. The van der Waals surface area contributed by atoms with E-state index in [4.69, 9.17) is 5.26 Å². The summed E-state index contributed by atoms with van der Waals surface area (Å²) in [5, 5.41) is 8.16. The Morgan fingerprint density at radius 3 is 2.80 bits per heavy atom. The van der Waals surface area contributed by atoms with Crippen molar-refractivity contribution < 1.29 is 0 Å². The number of allylic oxidation sites excluding steroid dienone is 2. The zero-order valence-corrected chi connectivity index (χ0v) is 6.46. The molecule has 0 aliphatic carbocycles. The number of nitrogens with zero attached hydrogens (tertiary/aromatic N) is 2. The third kappa shape index (κ3) is 3.85. The lowest BCUT2D eigenvalue weighted by atomic mass is 10.3. The highest BCUT2D eigenvalue weighted by molar-refractivity contribution is 5.61. The maximum absolute atomic E-state index is 8.16. The fourth-order valence-corrected chi connectivity index (χ4v) is 0.574. The van der Waals surface area contributed by atoms with E-state index in [0.29, 0.717) is 6.42 Å². The van der Waals surface area contributed by atoms with Crippen LogP contribution >= 0.6 is 0 Å². The number of hydrogen-bond donors (Lipinski definition) is 0. The largest absolute Gasteiger partial charge is 0.265 e. The highest BCUT2D eigenvalue weighted by Gasteiger charge is 1.83. The molecule has 0 spiro atoms. The molecule has 0 atom stereocenters. The second-order valence-electron chi connectivity index (χ2n) is 1.81. The predicted molar refractivity (Wildman–Crippen MR) is 42.8 cm³/mol. The number of rotatable bonds is 3. The Kier molecular flexibility index (Phi) is 5.36. The summed E-state index contributed by atoms with van der Waals surface area (Å²) in [6.45, 7) is 3.99. The van der Waals surface area contributed by atoms with Crippen molar-refractivity contribution in [2.75, 3.05) is 0 Å². The van der Waals surface area contributed by atoms with Crippen molar-refractivity contribution in [3.8, 4) is 6.07 Å². The van der Waals surface area contributed by atoms with Crippen LogP contribution in [0.2, 0.25) is 0 Å². The van der Waals surface area contributed by atoms with Gasteiger partial charge in [0.2, 0.25) is 0 Å². The van der Waals surface area contributed by atoms with Crippen LogP contribution in [0.5, 0.6) is 0 Å². The zero-order valence-electron chi connectivity index (χ0n) is 6.46. The molecule has 0 N–H and O–H groups in total. The third-order valence-electron chi connectivity index (χ3n) is 1.14. The molecule has 0 rings (SSSR count). The Bertz CT molecular complexity index is 172. The van der Waals surface area contributed by atoms with Crippen LogP contribution in [-0.2, 0) is 0 Å². The van der Waals surface area contributed by atoms with Crippen molar-refractivity contribution >= 4 is 6.21 Å². The fraction of sp³-hybridized carbons (Fsp3) is 0.500. The molecule has 0 heterocycles. The van der Waals surface area contributed by atoms with Crippen molar-refractivity contribution in [2.24, 2.45) is 4.99 Å². The van der Waals surface area contributed by atoms with Crippen LogP contribution in [0, 0.1) is 11.3 Å². The molecule has 0 saturated heterocycles. The van der Waals surface area contributed by atoms with Gasteiger partial charge in [-0.1, -0.05) is 13.0 Å². The molecule has 0 saturated carbocycles. The first-order chi connectivity index (χ1) is 4.85. The van der Waals surface area contributed by atoms with E-state index in [0.717, 1.165) is 12.1 Å². The molecule has 10 heavy (non-hydrogen) atoms. The number of hydrogen-bond acceptors (Lipinski definition) is 2. The molecule has 0 radical (unpaired) electrons. The van der Waals surface area contributed by atoms with Crippen LogP contribution in [0.15, 0.2) is 16.8 Å². The van der Waals surface area contributed by atoms with Gasteiger partial charge in [-0.25, -0.2) is 0 Å². The van der Waals surface area contributed by atoms with Gasteiger partial charge in [0.15, 0.2) is 0 Å². The summed E-state index contributed by atoms with van der Waals surface area (Å²) < 4.78 is 0. The molecule has 0 aromatic carbocycles. The minimum absolute atomic E-state index is 0.400. The van der Waals surface area contributed by atoms with Gasteiger partial charge in [-0.15, -0.1) is 0 Å². The summed E-state index contributed by atoms with van der Waals surface area (Å²) in [7, 11) is 0. The van der Waals surface area contributed by atoms with Crippen molar-refractivity contribution in [3.05, 3.63) is 11.8 Å². The highest BCUT2D eigenvalue weighted by Crippen LogP contribution is 1.99. The molecule has 2 nitrogen and oxygen atoms in total. The van der Waals surface area contributed by atoms with Crippen LogP contribution in [0.3, 0.4) is 0 Å². The highest BCUT2D eigenvalue weighted by atomic mass is 14.7. The fourth-order valence-electron chi connectivity index (χ4n) is 0.574. The predicted octanol–water partition coefficient (Wildman–Crippen LogP) is 2.28. The van der Waals surface area contributed by atoms with Crippen molar-refractivity contribution in [1.82, 2.24) is 0 Å². The van der Waals surface area contributed by atoms with Crippen LogP contribution in [0.25, 0.3) is 0 Å². The van der Waals surface area contributed by atoms with Crippen LogP contribution < -0.4 is 0 Å². The molecule has 0 aromatic rings. The standard InChI is InChI=1S/C8H12N2/c1-3-8(4-2)10-7-5-6-9/h3,7H,4-5H2,1-2H3/b8-3-,10-7-. The topological polar surface area (TPSA) is 36.1 Å². The summed E-state index contributed by atoms with van der Waals surface area (Å²) in [5.41, 5.74) is 1.04. The Hall–Kier alpha value is -1.10. The third-order valence-corrected chi connectivity index (χ3v) is 1.14. The van der Waals surface area contributed by atoms with E-state index in [2.05, 4.69) is 4.99 Å². The molecule has 0 amide bonds. The van der Waals surface area contributed by atoms with Crippen molar-refractivity contribution in [3.63, 3.8) is 0 Å². The Morgan fingerprint density at radius 1 is 1.70 bits per heavy atom. The van der Waals surface area contributed by atoms with E-state index in [-0.39, 0.29) is 0 Å². The molecular formula is C8H12N2. The summed E-state index contributed by atoms with van der Waals surface area (Å²) in [4.78, 5) is 4.06. The van der Waals surface area contributed by atoms with E-state index in [1.165, 1.54) is 0 Å². The van der Waals surface area contributed by atoms with Crippen LogP contribution in [0.4, 0.5) is 0 Å². The van der Waals surface area contributed by atoms with E-state index < -0.39 is 0 Å². The average Bonchev–Trinajstić information content (AvgIpc) is 1.99. The summed E-state index contributed by atoms with van der Waals surface area (Å²) in [6.07, 6.45) is 4.92. The first-order valence-corrected chi connectivity index (χ1v) is 3.39. The SMILES string of the molecule is C/C=C(CC)\N=C/CC#N. The smallest absolute Gasteiger partial charge is 0.0705 e. The second-order valence-corrected chi connectivity index (χ2v) is 1.81. The molecule has 2 heteroatoms. The lowest BCUT2D eigenvalue weighted by Gasteiger charge is -1.90. The Morgan fingerprint density at radius 2 is 2.40 bits per heavy atom. The van der Waals surface area contributed by atoms with Crippen LogP contribution in [0.1, 0.15) is 26.7 Å². The van der Waals surface area contributed by atoms with Gasteiger partial charge in [-0.05, 0) is 13.3 Å². The second kappa shape index (κ2) is 6.03. The molecule has 54 valence electrons. The maximum atomic E-state index is 8.16. The quantitative estimate of drug-likeness (QED) is 0.548. The number of nitriles is 1. The molecule has 0 bridgehead atoms. The van der Waals surface area contributed by atoms with Crippen molar-refractivity contribution in [1.29, 1.82) is 5.26 Å². The number of aliphatic imine (C=N–C) groups is 1. The van der Waals surface area contributed by atoms with Gasteiger partial charge in [0.1, 0.15) is 0 Å². The summed E-state index contributed by atoms with van der Waals surface area (Å²) >= 11 is 0. The first-order valence-electron chi connectivity index (χ1n) is 3.39. The van der Waals surface area contributed by atoms with Crippen LogP contribution in [-0.4, -0.2) is 6.21 Å². The molecule has 0 fully saturated rings. The first kappa shape index (κ1) is 8.90. The molecular weight excluding hydrogens is 124 g/mol. The van der Waals surface area contributed by atoms with Crippen molar-refractivity contribution in [2.45, 2.75) is 26.7 Å². The molecule has 0 unspecified atom stereocenters. The minimum atomic E-state index is 0.400. The minimum Gasteiger partial charge on any atom is -0.265 e. The van der Waals surface area contributed by atoms with E-state index in [9.17, 15) is 0 Å². The van der Waals surface area contributed by atoms with Gasteiger partial charge in [-0.3, -0.25) is 4.99 Å². The van der Waals surface area contributed by atoms with E-state index >= 15 is 0 Å². The molecule has 0 aromatic heterocycles. The van der Waals surface area contributed by atoms with Gasteiger partial charge in [0.25, 0.3) is 0 Å². The van der Waals surface area contributed by atoms with E-state index in [1.54, 1.807) is 6.21 Å². The van der Waals surface area contributed by atoms with Gasteiger partial charge in [-0.2, -0.15) is 5.26 Å². The average molecular weight is 136 g/mol. The van der Waals surface area contributed by atoms with Gasteiger partial charge < -0.3 is 0 Å². The Labute approximate surface area is 61.9 Å². The van der Waals surface area contributed by atoms with E-state index in [1.807, 2.05) is 26.0 Å². The van der Waals surface area contributed by atoms with Gasteiger partial charge >= 0.3 is 0 Å². The molecule has 0 aliphatic rings. The monoisotopic (exact) mass is 136 g/mol. The van der Waals surface area contributed by atoms with Gasteiger partial charge in [0, 0.05) is 11.9 Å². The zero-order chi connectivity index (χ0) is 7.82. The lowest BCUT2D eigenvalue weighted by molar-refractivity contribution is 1.06. The normalized spacial score (nSPS) is 11.9. The van der Waals surface area contributed by atoms with Gasteiger partial charge in [0.05, 0.1) is 12.5 Å². The molecule has 0 aliphatic heterocycles. The maximum Gasteiger partial charge on any atom is 0.0705 e.